The highest BCUT2D eigenvalue weighted by Gasteiger charge is 2.32. The van der Waals surface area contributed by atoms with Crippen molar-refractivity contribution in [1.29, 1.82) is 0 Å². The molecule has 0 aliphatic heterocycles. The molecule has 0 aromatic carbocycles. The first kappa shape index (κ1) is 15.5. The molecule has 0 atom stereocenters. The SMILES string of the molecule is CN(CC(=O)NCCc1cccs1)CC1(O)CCCC1. The molecule has 1 fully saturated rings. The third kappa shape index (κ3) is 4.89. The highest BCUT2D eigenvalue weighted by molar-refractivity contribution is 7.09. The third-order valence-electron chi connectivity index (χ3n) is 3.79. The lowest BCUT2D eigenvalue weighted by molar-refractivity contribution is -0.122. The summed E-state index contributed by atoms with van der Waals surface area (Å²) in [6, 6.07) is 4.11. The van der Waals surface area contributed by atoms with Gasteiger partial charge in [-0.1, -0.05) is 18.9 Å². The maximum Gasteiger partial charge on any atom is 0.234 e. The van der Waals surface area contributed by atoms with Crippen molar-refractivity contribution in [2.75, 3.05) is 26.7 Å². The van der Waals surface area contributed by atoms with Gasteiger partial charge in [-0.05, 0) is 37.8 Å². The largest absolute Gasteiger partial charge is 0.389 e. The number of hydrogen-bond donors (Lipinski definition) is 2. The molecule has 1 amide bonds. The summed E-state index contributed by atoms with van der Waals surface area (Å²) < 4.78 is 0. The van der Waals surface area contributed by atoms with Gasteiger partial charge >= 0.3 is 0 Å². The van der Waals surface area contributed by atoms with Crippen molar-refractivity contribution in [1.82, 2.24) is 10.2 Å². The van der Waals surface area contributed by atoms with Crippen LogP contribution >= 0.6 is 11.3 Å². The fourth-order valence-corrected chi connectivity index (χ4v) is 3.54. The molecule has 2 rings (SSSR count). The van der Waals surface area contributed by atoms with E-state index >= 15 is 0 Å². The predicted molar refractivity (Wildman–Crippen MR) is 81.9 cm³/mol. The van der Waals surface area contributed by atoms with Crippen LogP contribution in [0.25, 0.3) is 0 Å². The van der Waals surface area contributed by atoms with Crippen LogP contribution in [0, 0.1) is 0 Å². The number of rotatable bonds is 7. The van der Waals surface area contributed by atoms with Crippen LogP contribution in [0.2, 0.25) is 0 Å². The number of carbonyl (C=O) groups is 1. The summed E-state index contributed by atoms with van der Waals surface area (Å²) in [6.45, 7) is 1.62. The number of carbonyl (C=O) groups excluding carboxylic acids is 1. The first-order valence-corrected chi connectivity index (χ1v) is 8.15. The number of likely N-dealkylation sites (N-methyl/N-ethyl adjacent to an activating group) is 1. The molecule has 1 heterocycles. The molecular formula is C15H24N2O2S. The normalized spacial score (nSPS) is 17.6. The van der Waals surface area contributed by atoms with Gasteiger partial charge < -0.3 is 10.4 Å². The summed E-state index contributed by atoms with van der Waals surface area (Å²) in [7, 11) is 1.90. The van der Waals surface area contributed by atoms with Crippen molar-refractivity contribution >= 4 is 17.2 Å². The number of nitrogens with one attached hydrogen (secondary N) is 1. The van der Waals surface area contributed by atoms with Crippen LogP contribution < -0.4 is 5.32 Å². The van der Waals surface area contributed by atoms with Crippen LogP contribution in [-0.2, 0) is 11.2 Å². The van der Waals surface area contributed by atoms with Crippen molar-refractivity contribution in [3.63, 3.8) is 0 Å². The van der Waals surface area contributed by atoms with E-state index in [1.54, 1.807) is 11.3 Å². The second kappa shape index (κ2) is 7.20. The van der Waals surface area contributed by atoms with Gasteiger partial charge in [0.1, 0.15) is 0 Å². The van der Waals surface area contributed by atoms with Gasteiger partial charge in [-0.25, -0.2) is 0 Å². The van der Waals surface area contributed by atoms with Crippen LogP contribution in [0.15, 0.2) is 17.5 Å². The smallest absolute Gasteiger partial charge is 0.234 e. The number of amides is 1. The Balaban J connectivity index is 1.63. The van der Waals surface area contributed by atoms with E-state index in [-0.39, 0.29) is 5.91 Å². The van der Waals surface area contributed by atoms with Crippen LogP contribution in [0.3, 0.4) is 0 Å². The fraction of sp³-hybridized carbons (Fsp3) is 0.667. The van der Waals surface area contributed by atoms with Gasteiger partial charge in [-0.2, -0.15) is 0 Å². The highest BCUT2D eigenvalue weighted by atomic mass is 32.1. The molecule has 0 radical (unpaired) electrons. The van der Waals surface area contributed by atoms with E-state index in [4.69, 9.17) is 0 Å². The second-order valence-electron chi connectivity index (χ2n) is 5.78. The van der Waals surface area contributed by atoms with Gasteiger partial charge in [-0.15, -0.1) is 11.3 Å². The monoisotopic (exact) mass is 296 g/mol. The predicted octanol–water partition coefficient (Wildman–Crippen LogP) is 1.64. The molecule has 1 aromatic rings. The Morgan fingerprint density at radius 2 is 2.25 bits per heavy atom. The van der Waals surface area contributed by atoms with Gasteiger partial charge in [0.25, 0.3) is 0 Å². The molecule has 0 spiro atoms. The van der Waals surface area contributed by atoms with Gasteiger partial charge in [0.05, 0.1) is 12.1 Å². The zero-order valence-electron chi connectivity index (χ0n) is 12.1. The molecule has 0 bridgehead atoms. The van der Waals surface area contributed by atoms with Crippen LogP contribution in [-0.4, -0.2) is 48.2 Å². The fourth-order valence-electron chi connectivity index (χ4n) is 2.83. The Hall–Kier alpha value is -0.910. The van der Waals surface area contributed by atoms with E-state index in [1.165, 1.54) is 4.88 Å². The lowest BCUT2D eigenvalue weighted by atomic mass is 10.0. The molecule has 1 aliphatic rings. The maximum absolute atomic E-state index is 11.8. The van der Waals surface area contributed by atoms with E-state index in [0.29, 0.717) is 19.6 Å². The van der Waals surface area contributed by atoms with Crippen molar-refractivity contribution in [3.05, 3.63) is 22.4 Å². The zero-order chi connectivity index (χ0) is 14.4. The Morgan fingerprint density at radius 3 is 2.90 bits per heavy atom. The molecule has 112 valence electrons. The molecule has 1 aliphatic carbocycles. The van der Waals surface area contributed by atoms with Crippen molar-refractivity contribution in [2.24, 2.45) is 0 Å². The highest BCUT2D eigenvalue weighted by Crippen LogP contribution is 2.29. The molecule has 4 nitrogen and oxygen atoms in total. The summed E-state index contributed by atoms with van der Waals surface area (Å²) in [4.78, 5) is 15.0. The summed E-state index contributed by atoms with van der Waals surface area (Å²) in [5, 5.41) is 15.3. The minimum Gasteiger partial charge on any atom is -0.389 e. The lowest BCUT2D eigenvalue weighted by Gasteiger charge is -2.28. The van der Waals surface area contributed by atoms with Crippen molar-refractivity contribution in [3.8, 4) is 0 Å². The average molecular weight is 296 g/mol. The average Bonchev–Trinajstić information content (AvgIpc) is 3.00. The number of aliphatic hydroxyl groups is 1. The molecule has 5 heteroatoms. The Morgan fingerprint density at radius 1 is 1.50 bits per heavy atom. The number of nitrogens with zero attached hydrogens (tertiary/aromatic N) is 1. The summed E-state index contributed by atoms with van der Waals surface area (Å²) in [5.41, 5.74) is -0.577. The van der Waals surface area contributed by atoms with Crippen LogP contribution in [0.4, 0.5) is 0 Å². The standard InChI is InChI=1S/C15H24N2O2S/c1-17(12-15(19)7-2-3-8-15)11-14(18)16-9-6-13-5-4-10-20-13/h4-5,10,19H,2-3,6-9,11-12H2,1H3,(H,16,18). The molecule has 2 N–H and O–H groups in total. The van der Waals surface area contributed by atoms with Crippen LogP contribution in [0.1, 0.15) is 30.6 Å². The van der Waals surface area contributed by atoms with E-state index in [2.05, 4.69) is 11.4 Å². The quantitative estimate of drug-likeness (QED) is 0.804. The summed E-state index contributed by atoms with van der Waals surface area (Å²) >= 11 is 1.71. The van der Waals surface area contributed by atoms with E-state index in [0.717, 1.165) is 32.1 Å². The second-order valence-corrected chi connectivity index (χ2v) is 6.82. The Labute approximate surface area is 124 Å². The van der Waals surface area contributed by atoms with Gasteiger partial charge in [0, 0.05) is 18.0 Å². The van der Waals surface area contributed by atoms with Gasteiger partial charge in [-0.3, -0.25) is 9.69 Å². The topological polar surface area (TPSA) is 52.6 Å². The molecule has 0 unspecified atom stereocenters. The minimum atomic E-state index is -0.577. The van der Waals surface area contributed by atoms with Crippen LogP contribution in [0.5, 0.6) is 0 Å². The third-order valence-corrected chi connectivity index (χ3v) is 4.72. The van der Waals surface area contributed by atoms with E-state index in [1.807, 2.05) is 23.4 Å². The molecule has 1 aromatic heterocycles. The number of thiophene rings is 1. The van der Waals surface area contributed by atoms with E-state index < -0.39 is 5.60 Å². The Bertz CT molecular complexity index is 414. The summed E-state index contributed by atoms with van der Waals surface area (Å²) in [6.07, 6.45) is 4.79. The van der Waals surface area contributed by atoms with Crippen molar-refractivity contribution in [2.45, 2.75) is 37.7 Å². The van der Waals surface area contributed by atoms with Crippen molar-refractivity contribution < 1.29 is 9.90 Å². The first-order valence-electron chi connectivity index (χ1n) is 7.27. The lowest BCUT2D eigenvalue weighted by Crippen LogP contribution is -2.43. The zero-order valence-corrected chi connectivity index (χ0v) is 12.9. The first-order chi connectivity index (χ1) is 9.57. The van der Waals surface area contributed by atoms with Gasteiger partial charge in [0.15, 0.2) is 0 Å². The molecule has 1 saturated carbocycles. The molecule has 0 saturated heterocycles. The maximum atomic E-state index is 11.8. The summed E-state index contributed by atoms with van der Waals surface area (Å²) in [5.74, 6) is 0.0330. The molecular weight excluding hydrogens is 272 g/mol. The Kier molecular flexibility index (Phi) is 5.57. The van der Waals surface area contributed by atoms with E-state index in [9.17, 15) is 9.90 Å². The number of hydrogen-bond acceptors (Lipinski definition) is 4. The minimum absolute atomic E-state index is 0.0330. The molecule has 20 heavy (non-hydrogen) atoms. The van der Waals surface area contributed by atoms with Gasteiger partial charge in [0.2, 0.25) is 5.91 Å².